The van der Waals surface area contributed by atoms with Crippen molar-refractivity contribution in [1.29, 1.82) is 0 Å². The summed E-state index contributed by atoms with van der Waals surface area (Å²) in [6.45, 7) is 2.27. The van der Waals surface area contributed by atoms with Crippen molar-refractivity contribution in [1.82, 2.24) is 0 Å². The van der Waals surface area contributed by atoms with Gasteiger partial charge in [-0.1, -0.05) is 6.92 Å². The third-order valence-electron chi connectivity index (χ3n) is 4.58. The fourth-order valence-corrected chi connectivity index (χ4v) is 5.19. The van der Waals surface area contributed by atoms with Crippen LogP contribution in [0.1, 0.15) is 26.2 Å². The topological polar surface area (TPSA) is 0 Å². The molecule has 76 valence electrons. The molecule has 0 aromatic rings. The van der Waals surface area contributed by atoms with Gasteiger partial charge in [0.2, 0.25) is 0 Å². The van der Waals surface area contributed by atoms with Crippen molar-refractivity contribution in [2.45, 2.75) is 31.6 Å². The Hall–Kier alpha value is 0.870. The number of rotatable bonds is 2. The van der Waals surface area contributed by atoms with Crippen LogP contribution in [0.2, 0.25) is 0 Å². The van der Waals surface area contributed by atoms with Gasteiger partial charge in [0.25, 0.3) is 0 Å². The maximum Gasteiger partial charge on any atom is 0.0412 e. The molecular formula is C10H15Cl3. The lowest BCUT2D eigenvalue weighted by Gasteiger charge is -2.40. The van der Waals surface area contributed by atoms with E-state index in [1.807, 2.05) is 0 Å². The minimum absolute atomic E-state index is 0.114. The second-order valence-corrected chi connectivity index (χ2v) is 5.84. The van der Waals surface area contributed by atoms with Gasteiger partial charge in [-0.3, -0.25) is 0 Å². The smallest absolute Gasteiger partial charge is 0.0412 e. The Morgan fingerprint density at radius 3 is 2.38 bits per heavy atom. The molecule has 0 spiro atoms. The van der Waals surface area contributed by atoms with E-state index in [1.54, 1.807) is 0 Å². The van der Waals surface area contributed by atoms with E-state index in [1.165, 1.54) is 12.8 Å². The van der Waals surface area contributed by atoms with Gasteiger partial charge >= 0.3 is 0 Å². The second kappa shape index (κ2) is 3.18. The lowest BCUT2D eigenvalue weighted by molar-refractivity contribution is 0.163. The maximum absolute atomic E-state index is 6.39. The van der Waals surface area contributed by atoms with E-state index in [0.29, 0.717) is 17.7 Å². The van der Waals surface area contributed by atoms with Crippen molar-refractivity contribution in [3.63, 3.8) is 0 Å². The van der Waals surface area contributed by atoms with Crippen LogP contribution < -0.4 is 0 Å². The zero-order valence-corrected chi connectivity index (χ0v) is 10.1. The van der Waals surface area contributed by atoms with Crippen LogP contribution in [-0.4, -0.2) is 17.1 Å². The number of hydrogen-bond acceptors (Lipinski definition) is 0. The van der Waals surface area contributed by atoms with Crippen LogP contribution in [0.5, 0.6) is 0 Å². The zero-order chi connectivity index (χ0) is 9.69. The van der Waals surface area contributed by atoms with Crippen LogP contribution in [0.4, 0.5) is 0 Å². The summed E-state index contributed by atoms with van der Waals surface area (Å²) in [5.41, 5.74) is 0.297. The van der Waals surface area contributed by atoms with Gasteiger partial charge in [0, 0.05) is 22.6 Å². The fraction of sp³-hybridized carbons (Fsp3) is 1.00. The van der Waals surface area contributed by atoms with Gasteiger partial charge in [0.15, 0.2) is 0 Å². The Balaban J connectivity index is 2.39. The van der Waals surface area contributed by atoms with Crippen LogP contribution in [0.3, 0.4) is 0 Å². The Morgan fingerprint density at radius 1 is 1.31 bits per heavy atom. The number of hydrogen-bond donors (Lipinski definition) is 0. The average molecular weight is 242 g/mol. The summed E-state index contributed by atoms with van der Waals surface area (Å²) in [4.78, 5) is 0. The van der Waals surface area contributed by atoms with Crippen molar-refractivity contribution < 1.29 is 0 Å². The molecule has 2 bridgehead atoms. The first-order valence-corrected chi connectivity index (χ1v) is 6.37. The number of fused-ring (bicyclic) bond motifs is 2. The lowest BCUT2D eigenvalue weighted by Crippen LogP contribution is -2.41. The normalized spacial score (nSPS) is 54.5. The van der Waals surface area contributed by atoms with Gasteiger partial charge in [0.1, 0.15) is 0 Å². The van der Waals surface area contributed by atoms with E-state index in [-0.39, 0.29) is 16.2 Å². The average Bonchev–Trinajstić information content (AvgIpc) is 2.53. The Morgan fingerprint density at radius 2 is 2.00 bits per heavy atom. The van der Waals surface area contributed by atoms with Gasteiger partial charge in [-0.15, -0.1) is 34.8 Å². The fourth-order valence-electron chi connectivity index (χ4n) is 3.36. The first-order chi connectivity index (χ1) is 6.10. The van der Waals surface area contributed by atoms with E-state index < -0.39 is 0 Å². The van der Waals surface area contributed by atoms with Crippen LogP contribution in [0.15, 0.2) is 0 Å². The van der Waals surface area contributed by atoms with Crippen LogP contribution in [-0.2, 0) is 0 Å². The quantitative estimate of drug-likeness (QED) is 0.644. The highest BCUT2D eigenvalue weighted by Crippen LogP contribution is 2.68. The highest BCUT2D eigenvalue weighted by Gasteiger charge is 2.64. The molecule has 13 heavy (non-hydrogen) atoms. The van der Waals surface area contributed by atoms with Crippen molar-refractivity contribution in [2.24, 2.45) is 16.7 Å². The minimum Gasteiger partial charge on any atom is -0.126 e. The Kier molecular flexibility index (Phi) is 2.54. The monoisotopic (exact) mass is 240 g/mol. The summed E-state index contributed by atoms with van der Waals surface area (Å²) < 4.78 is 0. The standard InChI is InChI=1S/C10H15Cl3/c1-9(5-11)7-2-3-10(9,6-12)8(13)4-7/h7-8H,2-6H2,1H3. The molecule has 0 nitrogen and oxygen atoms in total. The molecule has 2 aliphatic carbocycles. The first-order valence-electron chi connectivity index (χ1n) is 4.87. The van der Waals surface area contributed by atoms with Gasteiger partial charge in [-0.2, -0.15) is 0 Å². The lowest BCUT2D eigenvalue weighted by atomic mass is 9.70. The molecule has 0 aromatic carbocycles. The van der Waals surface area contributed by atoms with Crippen LogP contribution in [0.25, 0.3) is 0 Å². The number of halogens is 3. The highest BCUT2D eigenvalue weighted by atomic mass is 35.5. The summed E-state index contributed by atoms with van der Waals surface area (Å²) in [6, 6.07) is 0. The molecule has 0 aromatic heterocycles. The minimum atomic E-state index is 0.114. The second-order valence-electron chi connectivity index (χ2n) is 4.78. The SMILES string of the molecule is CC1(CCl)C2CCC1(CCl)C(Cl)C2. The summed E-state index contributed by atoms with van der Waals surface area (Å²) in [5, 5.41) is 0.243. The molecule has 2 saturated carbocycles. The van der Waals surface area contributed by atoms with Gasteiger partial charge < -0.3 is 0 Å². The first kappa shape index (κ1) is 10.4. The molecule has 4 unspecified atom stereocenters. The largest absolute Gasteiger partial charge is 0.126 e. The molecule has 0 aliphatic heterocycles. The summed E-state index contributed by atoms with van der Waals surface area (Å²) in [5.74, 6) is 2.07. The van der Waals surface area contributed by atoms with Crippen LogP contribution >= 0.6 is 34.8 Å². The van der Waals surface area contributed by atoms with Gasteiger partial charge in [-0.05, 0) is 30.6 Å². The molecular weight excluding hydrogens is 226 g/mol. The van der Waals surface area contributed by atoms with Crippen LogP contribution in [0, 0.1) is 16.7 Å². The third-order valence-corrected chi connectivity index (χ3v) is 6.21. The molecule has 0 saturated heterocycles. The zero-order valence-electron chi connectivity index (χ0n) is 7.82. The highest BCUT2D eigenvalue weighted by molar-refractivity contribution is 6.24. The number of alkyl halides is 3. The third kappa shape index (κ3) is 1.06. The Bertz CT molecular complexity index is 218. The van der Waals surface area contributed by atoms with Gasteiger partial charge in [-0.25, -0.2) is 0 Å². The molecule has 2 rings (SSSR count). The summed E-state index contributed by atoms with van der Waals surface area (Å²) in [7, 11) is 0. The maximum atomic E-state index is 6.39. The van der Waals surface area contributed by atoms with E-state index in [4.69, 9.17) is 34.8 Å². The van der Waals surface area contributed by atoms with Crippen molar-refractivity contribution in [2.75, 3.05) is 11.8 Å². The molecule has 0 radical (unpaired) electrons. The van der Waals surface area contributed by atoms with Crippen molar-refractivity contribution in [3.05, 3.63) is 0 Å². The van der Waals surface area contributed by atoms with Gasteiger partial charge in [0.05, 0.1) is 0 Å². The predicted octanol–water partition coefficient (Wildman–Crippen LogP) is 3.88. The Labute approximate surface area is 94.9 Å². The molecule has 2 fully saturated rings. The van der Waals surface area contributed by atoms with E-state index in [0.717, 1.165) is 6.42 Å². The van der Waals surface area contributed by atoms with Crippen molar-refractivity contribution >= 4 is 34.8 Å². The van der Waals surface area contributed by atoms with E-state index in [9.17, 15) is 0 Å². The van der Waals surface area contributed by atoms with E-state index in [2.05, 4.69) is 6.92 Å². The molecule has 0 N–H and O–H groups in total. The molecule has 0 heterocycles. The van der Waals surface area contributed by atoms with E-state index >= 15 is 0 Å². The predicted molar refractivity (Wildman–Crippen MR) is 59.0 cm³/mol. The molecule has 4 atom stereocenters. The molecule has 3 heteroatoms. The summed E-state index contributed by atoms with van der Waals surface area (Å²) in [6.07, 6.45) is 3.54. The molecule has 2 aliphatic rings. The summed E-state index contributed by atoms with van der Waals surface area (Å²) >= 11 is 18.6. The molecule has 0 amide bonds. The van der Waals surface area contributed by atoms with Crippen molar-refractivity contribution in [3.8, 4) is 0 Å².